The number of hydrogen-bond acceptors (Lipinski definition) is 3. The van der Waals surface area contributed by atoms with Gasteiger partial charge in [0, 0.05) is 17.3 Å². The first-order valence-corrected chi connectivity index (χ1v) is 7.58. The van der Waals surface area contributed by atoms with E-state index in [1.54, 1.807) is 11.3 Å². The molecule has 5 nitrogen and oxygen atoms in total. The smallest absolute Gasteiger partial charge is 0.326 e. The van der Waals surface area contributed by atoms with Crippen LogP contribution in [-0.2, 0) is 11.2 Å². The van der Waals surface area contributed by atoms with Crippen LogP contribution in [0.5, 0.6) is 0 Å². The van der Waals surface area contributed by atoms with Gasteiger partial charge in [0.1, 0.15) is 6.04 Å². The molecule has 1 aromatic rings. The molecule has 6 heteroatoms. The van der Waals surface area contributed by atoms with Crippen molar-refractivity contribution in [1.29, 1.82) is 0 Å². The second-order valence-corrected chi connectivity index (χ2v) is 6.35. The maximum atomic E-state index is 11.8. The Kier molecular flexibility index (Phi) is 6.51. The zero-order valence-electron chi connectivity index (χ0n) is 12.1. The van der Waals surface area contributed by atoms with Crippen molar-refractivity contribution < 1.29 is 14.7 Å². The van der Waals surface area contributed by atoms with Gasteiger partial charge >= 0.3 is 12.0 Å². The van der Waals surface area contributed by atoms with Gasteiger partial charge in [0.2, 0.25) is 0 Å². The number of nitrogens with one attached hydrogen (secondary N) is 2. The minimum absolute atomic E-state index is 0.0397. The third kappa shape index (κ3) is 6.06. The van der Waals surface area contributed by atoms with Gasteiger partial charge in [-0.25, -0.2) is 9.59 Å². The van der Waals surface area contributed by atoms with Crippen LogP contribution in [0.15, 0.2) is 17.5 Å². The monoisotopic (exact) mass is 298 g/mol. The molecule has 0 radical (unpaired) electrons. The summed E-state index contributed by atoms with van der Waals surface area (Å²) in [6.07, 6.45) is 1.16. The van der Waals surface area contributed by atoms with Gasteiger partial charge in [-0.1, -0.05) is 19.9 Å². The number of carboxylic acids is 1. The van der Waals surface area contributed by atoms with Crippen LogP contribution in [0, 0.1) is 5.92 Å². The first-order valence-electron chi connectivity index (χ1n) is 6.70. The fourth-order valence-corrected chi connectivity index (χ4v) is 2.73. The molecule has 1 heterocycles. The summed E-state index contributed by atoms with van der Waals surface area (Å²) >= 11 is 1.64. The molecule has 0 bridgehead atoms. The number of carbonyl (C=O) groups is 2. The average molecular weight is 298 g/mol. The van der Waals surface area contributed by atoms with E-state index in [1.807, 2.05) is 38.3 Å². The van der Waals surface area contributed by atoms with Gasteiger partial charge in [0.15, 0.2) is 0 Å². The van der Waals surface area contributed by atoms with E-state index in [4.69, 9.17) is 5.11 Å². The summed E-state index contributed by atoms with van der Waals surface area (Å²) in [6, 6.07) is 2.67. The lowest BCUT2D eigenvalue weighted by Gasteiger charge is -2.19. The van der Waals surface area contributed by atoms with Crippen molar-refractivity contribution in [3.63, 3.8) is 0 Å². The van der Waals surface area contributed by atoms with Crippen LogP contribution in [0.2, 0.25) is 0 Å². The summed E-state index contributed by atoms with van der Waals surface area (Å²) in [5.41, 5.74) is 0. The zero-order valence-corrected chi connectivity index (χ0v) is 12.9. The first-order chi connectivity index (χ1) is 9.38. The molecule has 1 unspecified atom stereocenters. The van der Waals surface area contributed by atoms with E-state index in [-0.39, 0.29) is 12.0 Å². The Morgan fingerprint density at radius 2 is 2.00 bits per heavy atom. The number of hydrogen-bond donors (Lipinski definition) is 3. The molecular weight excluding hydrogens is 276 g/mol. The van der Waals surface area contributed by atoms with E-state index < -0.39 is 18.0 Å². The molecule has 0 aliphatic heterocycles. The third-order valence-electron chi connectivity index (χ3n) is 2.78. The van der Waals surface area contributed by atoms with Crippen molar-refractivity contribution in [2.24, 2.45) is 5.92 Å². The van der Waals surface area contributed by atoms with Crippen molar-refractivity contribution in [2.45, 2.75) is 45.7 Å². The van der Waals surface area contributed by atoms with E-state index in [0.717, 1.165) is 6.42 Å². The van der Waals surface area contributed by atoms with E-state index in [2.05, 4.69) is 10.6 Å². The molecule has 0 saturated heterocycles. The van der Waals surface area contributed by atoms with Crippen molar-refractivity contribution in [3.8, 4) is 0 Å². The highest BCUT2D eigenvalue weighted by atomic mass is 32.1. The van der Waals surface area contributed by atoms with Gasteiger partial charge in [-0.05, 0) is 30.7 Å². The van der Waals surface area contributed by atoms with Gasteiger partial charge in [-0.15, -0.1) is 11.3 Å². The maximum Gasteiger partial charge on any atom is 0.326 e. The van der Waals surface area contributed by atoms with Gasteiger partial charge in [-0.3, -0.25) is 0 Å². The Balaban J connectivity index is 2.42. The van der Waals surface area contributed by atoms with Gasteiger partial charge in [0.05, 0.1) is 0 Å². The number of carboxylic acid groups (broad SMARTS) is 1. The quantitative estimate of drug-likeness (QED) is 0.723. The summed E-state index contributed by atoms with van der Waals surface area (Å²) in [7, 11) is 0. The van der Waals surface area contributed by atoms with Crippen molar-refractivity contribution in [2.75, 3.05) is 0 Å². The van der Waals surface area contributed by atoms with E-state index in [0.29, 0.717) is 6.42 Å². The Morgan fingerprint density at radius 1 is 1.30 bits per heavy atom. The second kappa shape index (κ2) is 7.89. The lowest BCUT2D eigenvalue weighted by Crippen LogP contribution is -2.49. The van der Waals surface area contributed by atoms with E-state index >= 15 is 0 Å². The SMILES string of the molecule is CC(C)C[C@H](NC(=O)NC(C)Cc1cccs1)C(=O)O. The molecule has 1 aromatic heterocycles. The first kappa shape index (κ1) is 16.5. The molecule has 0 saturated carbocycles. The number of amides is 2. The van der Waals surface area contributed by atoms with Crippen molar-refractivity contribution in [3.05, 3.63) is 22.4 Å². The van der Waals surface area contributed by atoms with Gasteiger partial charge < -0.3 is 15.7 Å². The van der Waals surface area contributed by atoms with Gasteiger partial charge in [0.25, 0.3) is 0 Å². The predicted octanol–water partition coefficient (Wildman–Crippen LogP) is 2.48. The van der Waals surface area contributed by atoms with E-state index in [1.165, 1.54) is 4.88 Å². The minimum atomic E-state index is -1.00. The lowest BCUT2D eigenvalue weighted by atomic mass is 10.0. The third-order valence-corrected chi connectivity index (χ3v) is 3.67. The van der Waals surface area contributed by atoms with Gasteiger partial charge in [-0.2, -0.15) is 0 Å². The topological polar surface area (TPSA) is 78.4 Å². The number of rotatable bonds is 7. The molecule has 3 N–H and O–H groups in total. The Labute approximate surface area is 123 Å². The number of thiophene rings is 1. The lowest BCUT2D eigenvalue weighted by molar-refractivity contribution is -0.139. The summed E-state index contributed by atoms with van der Waals surface area (Å²) in [5, 5.41) is 16.3. The highest BCUT2D eigenvalue weighted by molar-refractivity contribution is 7.09. The fourth-order valence-electron chi connectivity index (χ4n) is 1.90. The van der Waals surface area contributed by atoms with Crippen LogP contribution in [0.3, 0.4) is 0 Å². The van der Waals surface area contributed by atoms with Crippen molar-refractivity contribution >= 4 is 23.3 Å². The Morgan fingerprint density at radius 3 is 2.50 bits per heavy atom. The van der Waals surface area contributed by atoms with Crippen LogP contribution >= 0.6 is 11.3 Å². The molecule has 0 fully saturated rings. The average Bonchev–Trinajstić information content (AvgIpc) is 2.79. The molecule has 20 heavy (non-hydrogen) atoms. The molecule has 0 aliphatic carbocycles. The Bertz CT molecular complexity index is 432. The van der Waals surface area contributed by atoms with Crippen LogP contribution < -0.4 is 10.6 Å². The predicted molar refractivity (Wildman–Crippen MR) is 80.0 cm³/mol. The van der Waals surface area contributed by atoms with Crippen molar-refractivity contribution in [1.82, 2.24) is 10.6 Å². The molecular formula is C14H22N2O3S. The molecule has 0 spiro atoms. The van der Waals surface area contributed by atoms with Crippen LogP contribution in [-0.4, -0.2) is 29.2 Å². The summed E-state index contributed by atoms with van der Waals surface area (Å²) in [6.45, 7) is 5.75. The fraction of sp³-hybridized carbons (Fsp3) is 0.571. The number of urea groups is 1. The highest BCUT2D eigenvalue weighted by Crippen LogP contribution is 2.11. The summed E-state index contributed by atoms with van der Waals surface area (Å²) in [4.78, 5) is 24.1. The second-order valence-electron chi connectivity index (χ2n) is 5.32. The van der Waals surface area contributed by atoms with Crippen LogP contribution in [0.1, 0.15) is 32.1 Å². The normalized spacial score (nSPS) is 13.8. The molecule has 2 amide bonds. The molecule has 2 atom stereocenters. The zero-order chi connectivity index (χ0) is 15.1. The van der Waals surface area contributed by atoms with E-state index in [9.17, 15) is 9.59 Å². The molecule has 112 valence electrons. The van der Waals surface area contributed by atoms with Crippen LogP contribution in [0.4, 0.5) is 4.79 Å². The maximum absolute atomic E-state index is 11.8. The number of carbonyl (C=O) groups excluding carboxylic acids is 1. The Hall–Kier alpha value is -1.56. The minimum Gasteiger partial charge on any atom is -0.480 e. The molecule has 1 rings (SSSR count). The standard InChI is InChI=1S/C14H22N2O3S/c1-9(2)7-12(13(17)18)16-14(19)15-10(3)8-11-5-4-6-20-11/h4-6,9-10,12H,7-8H2,1-3H3,(H,17,18)(H2,15,16,19)/t10?,12-/m0/s1. The van der Waals surface area contributed by atoms with Crippen LogP contribution in [0.25, 0.3) is 0 Å². The largest absolute Gasteiger partial charge is 0.480 e. The molecule has 0 aliphatic rings. The highest BCUT2D eigenvalue weighted by Gasteiger charge is 2.21. The summed E-state index contributed by atoms with van der Waals surface area (Å²) in [5.74, 6) is -0.792. The number of aliphatic carboxylic acids is 1. The summed E-state index contributed by atoms with van der Waals surface area (Å²) < 4.78 is 0. The molecule has 0 aromatic carbocycles.